The Morgan fingerprint density at radius 1 is 1.00 bits per heavy atom. The second kappa shape index (κ2) is 7.70. The number of halogens is 1. The highest BCUT2D eigenvalue weighted by atomic mass is 79.9. The van der Waals surface area contributed by atoms with E-state index in [4.69, 9.17) is 9.47 Å². The van der Waals surface area contributed by atoms with Gasteiger partial charge in [0.25, 0.3) is 0 Å². The Hall–Kier alpha value is -2.33. The number of hydrogen-bond acceptors (Lipinski definition) is 3. The molecule has 0 aromatic heterocycles. The van der Waals surface area contributed by atoms with Crippen LogP contribution < -0.4 is 9.47 Å². The van der Waals surface area contributed by atoms with E-state index in [1.54, 1.807) is 6.07 Å². The number of carbonyl (C=O) groups is 1. The molecule has 0 radical (unpaired) electrons. The average Bonchev–Trinajstić information content (AvgIpc) is 2.60. The topological polar surface area (TPSA) is 35.5 Å². The van der Waals surface area contributed by atoms with Crippen LogP contribution in [-0.2, 0) is 4.79 Å². The van der Waals surface area contributed by atoms with Crippen LogP contribution in [0.15, 0.2) is 65.1 Å². The predicted octanol–water partition coefficient (Wildman–Crippen LogP) is 5.71. The first-order valence-corrected chi connectivity index (χ1v) is 8.94. The third kappa shape index (κ3) is 4.40. The number of carbonyl (C=O) groups excluding carboxylic acids is 1. The summed E-state index contributed by atoms with van der Waals surface area (Å²) in [5.41, 5.74) is 1.08. The lowest BCUT2D eigenvalue weighted by Crippen LogP contribution is -2.18. The lowest BCUT2D eigenvalue weighted by atomic mass is 10.0. The van der Waals surface area contributed by atoms with Crippen molar-refractivity contribution in [3.63, 3.8) is 0 Å². The molecule has 0 bridgehead atoms. The molecule has 0 spiro atoms. The van der Waals surface area contributed by atoms with Crippen LogP contribution >= 0.6 is 15.9 Å². The van der Waals surface area contributed by atoms with E-state index in [1.165, 1.54) is 0 Å². The van der Waals surface area contributed by atoms with E-state index in [-0.39, 0.29) is 6.61 Å². The summed E-state index contributed by atoms with van der Waals surface area (Å²) < 4.78 is 12.1. The SMILES string of the molecule is CC(C)c1ccccc1OCC(=O)Oc1ccc2cc(Br)ccc2c1. The van der Waals surface area contributed by atoms with Crippen molar-refractivity contribution < 1.29 is 14.3 Å². The molecular weight excluding hydrogens is 380 g/mol. The molecule has 0 saturated carbocycles. The zero-order valence-electron chi connectivity index (χ0n) is 14.2. The fraction of sp³-hybridized carbons (Fsp3) is 0.190. The second-order valence-corrected chi connectivity index (χ2v) is 7.02. The van der Waals surface area contributed by atoms with Gasteiger partial charge in [-0.3, -0.25) is 0 Å². The molecule has 0 aliphatic carbocycles. The molecule has 0 heterocycles. The van der Waals surface area contributed by atoms with Gasteiger partial charge in [-0.2, -0.15) is 0 Å². The Morgan fingerprint density at radius 3 is 2.52 bits per heavy atom. The molecule has 3 rings (SSSR count). The molecule has 0 atom stereocenters. The molecule has 128 valence electrons. The number of fused-ring (bicyclic) bond motifs is 1. The van der Waals surface area contributed by atoms with Gasteiger partial charge in [0.15, 0.2) is 6.61 Å². The van der Waals surface area contributed by atoms with Crippen molar-refractivity contribution in [1.29, 1.82) is 0 Å². The summed E-state index contributed by atoms with van der Waals surface area (Å²) in [6.07, 6.45) is 0. The van der Waals surface area contributed by atoms with Gasteiger partial charge in [0, 0.05) is 4.47 Å². The fourth-order valence-corrected chi connectivity index (χ4v) is 3.02. The van der Waals surface area contributed by atoms with Crippen LogP contribution in [0.5, 0.6) is 11.5 Å². The van der Waals surface area contributed by atoms with Gasteiger partial charge in [0.1, 0.15) is 11.5 Å². The van der Waals surface area contributed by atoms with Crippen LogP contribution in [0.1, 0.15) is 25.3 Å². The van der Waals surface area contributed by atoms with Crippen LogP contribution in [0, 0.1) is 0 Å². The lowest BCUT2D eigenvalue weighted by molar-refractivity contribution is -0.136. The molecule has 0 aliphatic rings. The molecule has 3 aromatic rings. The minimum absolute atomic E-state index is 0.123. The van der Waals surface area contributed by atoms with Crippen LogP contribution in [0.2, 0.25) is 0 Å². The van der Waals surface area contributed by atoms with Gasteiger partial charge < -0.3 is 9.47 Å². The molecule has 0 amide bonds. The summed E-state index contributed by atoms with van der Waals surface area (Å²) >= 11 is 3.45. The van der Waals surface area contributed by atoms with E-state index in [0.717, 1.165) is 26.6 Å². The van der Waals surface area contributed by atoms with Gasteiger partial charge >= 0.3 is 5.97 Å². The molecule has 0 fully saturated rings. The lowest BCUT2D eigenvalue weighted by Gasteiger charge is -2.13. The van der Waals surface area contributed by atoms with Gasteiger partial charge in [0.05, 0.1) is 0 Å². The zero-order chi connectivity index (χ0) is 17.8. The Labute approximate surface area is 155 Å². The second-order valence-electron chi connectivity index (χ2n) is 6.11. The molecule has 0 saturated heterocycles. The van der Waals surface area contributed by atoms with Crippen LogP contribution in [0.4, 0.5) is 0 Å². The average molecular weight is 399 g/mol. The summed E-state index contributed by atoms with van der Waals surface area (Å²) in [4.78, 5) is 12.1. The molecule has 4 heteroatoms. The van der Waals surface area contributed by atoms with E-state index < -0.39 is 5.97 Å². The maximum Gasteiger partial charge on any atom is 0.349 e. The quantitative estimate of drug-likeness (QED) is 0.407. The van der Waals surface area contributed by atoms with Gasteiger partial charge in [-0.05, 0) is 52.6 Å². The van der Waals surface area contributed by atoms with Crippen LogP contribution in [-0.4, -0.2) is 12.6 Å². The minimum Gasteiger partial charge on any atom is -0.482 e. The largest absolute Gasteiger partial charge is 0.482 e. The summed E-state index contributed by atoms with van der Waals surface area (Å²) in [5, 5.41) is 2.09. The first-order chi connectivity index (χ1) is 12.0. The third-order valence-corrected chi connectivity index (χ3v) is 4.39. The molecule has 3 nitrogen and oxygen atoms in total. The van der Waals surface area contributed by atoms with Crippen molar-refractivity contribution in [2.75, 3.05) is 6.61 Å². The van der Waals surface area contributed by atoms with Crippen LogP contribution in [0.3, 0.4) is 0 Å². The zero-order valence-corrected chi connectivity index (χ0v) is 15.7. The number of esters is 1. The standard InChI is InChI=1S/C21H19BrO3/c1-14(2)19-5-3-4-6-20(19)24-13-21(23)25-18-10-8-15-11-17(22)9-7-16(15)12-18/h3-12,14H,13H2,1-2H3. The molecule has 0 N–H and O–H groups in total. The molecule has 0 unspecified atom stereocenters. The van der Waals surface area contributed by atoms with Gasteiger partial charge in [-0.15, -0.1) is 0 Å². The van der Waals surface area contributed by atoms with Gasteiger partial charge in [0.2, 0.25) is 0 Å². The highest BCUT2D eigenvalue weighted by molar-refractivity contribution is 9.10. The Balaban J connectivity index is 1.66. The number of ether oxygens (including phenoxy) is 2. The predicted molar refractivity (Wildman–Crippen MR) is 103 cm³/mol. The van der Waals surface area contributed by atoms with Crippen molar-refractivity contribution in [2.45, 2.75) is 19.8 Å². The van der Waals surface area contributed by atoms with Crippen molar-refractivity contribution in [3.8, 4) is 11.5 Å². The van der Waals surface area contributed by atoms with E-state index in [0.29, 0.717) is 11.7 Å². The first kappa shape index (κ1) is 17.5. The number of hydrogen-bond donors (Lipinski definition) is 0. The Bertz CT molecular complexity index is 903. The number of para-hydroxylation sites is 1. The Kier molecular flexibility index (Phi) is 5.39. The van der Waals surface area contributed by atoms with Crippen molar-refractivity contribution in [3.05, 3.63) is 70.7 Å². The first-order valence-electron chi connectivity index (χ1n) is 8.14. The smallest absolute Gasteiger partial charge is 0.349 e. The van der Waals surface area contributed by atoms with Crippen molar-refractivity contribution in [2.24, 2.45) is 0 Å². The third-order valence-electron chi connectivity index (χ3n) is 3.89. The summed E-state index contributed by atoms with van der Waals surface area (Å²) in [6.45, 7) is 4.06. The number of rotatable bonds is 5. The van der Waals surface area contributed by atoms with E-state index >= 15 is 0 Å². The summed E-state index contributed by atoms with van der Waals surface area (Å²) in [6, 6.07) is 19.3. The van der Waals surface area contributed by atoms with Gasteiger partial charge in [-0.25, -0.2) is 4.79 Å². The molecule has 25 heavy (non-hydrogen) atoms. The monoisotopic (exact) mass is 398 g/mol. The van der Waals surface area contributed by atoms with E-state index in [2.05, 4.69) is 29.8 Å². The van der Waals surface area contributed by atoms with Gasteiger partial charge in [-0.1, -0.05) is 60.1 Å². The van der Waals surface area contributed by atoms with E-state index in [9.17, 15) is 4.79 Å². The van der Waals surface area contributed by atoms with E-state index in [1.807, 2.05) is 54.6 Å². The highest BCUT2D eigenvalue weighted by Crippen LogP contribution is 2.26. The Morgan fingerprint density at radius 2 is 1.72 bits per heavy atom. The van der Waals surface area contributed by atoms with Crippen molar-refractivity contribution >= 4 is 32.7 Å². The molecular formula is C21H19BrO3. The normalized spacial score (nSPS) is 10.9. The van der Waals surface area contributed by atoms with Crippen LogP contribution in [0.25, 0.3) is 10.8 Å². The minimum atomic E-state index is -0.421. The maximum atomic E-state index is 12.1. The number of benzene rings is 3. The highest BCUT2D eigenvalue weighted by Gasteiger charge is 2.11. The fourth-order valence-electron chi connectivity index (χ4n) is 2.64. The summed E-state index contributed by atoms with van der Waals surface area (Å²) in [5.74, 6) is 1.14. The molecule has 3 aromatic carbocycles. The summed E-state index contributed by atoms with van der Waals surface area (Å²) in [7, 11) is 0. The maximum absolute atomic E-state index is 12.1. The van der Waals surface area contributed by atoms with Crippen molar-refractivity contribution in [1.82, 2.24) is 0 Å². The molecule has 0 aliphatic heterocycles.